The van der Waals surface area contributed by atoms with Crippen LogP contribution in [0.15, 0.2) is 0 Å². The fourth-order valence-electron chi connectivity index (χ4n) is 2.19. The van der Waals surface area contributed by atoms with E-state index < -0.39 is 0 Å². The van der Waals surface area contributed by atoms with Crippen LogP contribution in [0.4, 0.5) is 0 Å². The summed E-state index contributed by atoms with van der Waals surface area (Å²) in [5.41, 5.74) is 0. The molecule has 14 heavy (non-hydrogen) atoms. The lowest BCUT2D eigenvalue weighted by atomic mass is 10.1. The molecule has 1 aliphatic heterocycles. The lowest BCUT2D eigenvalue weighted by Gasteiger charge is -2.33. The van der Waals surface area contributed by atoms with Gasteiger partial charge in [0.05, 0.1) is 12.7 Å². The number of hydrogen-bond acceptors (Lipinski definition) is 4. The Morgan fingerprint density at radius 2 is 2.43 bits per heavy atom. The molecule has 0 aromatic heterocycles. The SMILES string of the molecule is N#CC1CN(C2CCC(=O)C2)CCO1. The second-order valence-electron chi connectivity index (χ2n) is 3.92. The van der Waals surface area contributed by atoms with Gasteiger partial charge in [-0.05, 0) is 6.42 Å². The van der Waals surface area contributed by atoms with Gasteiger partial charge in [0.15, 0.2) is 6.10 Å². The lowest BCUT2D eigenvalue weighted by molar-refractivity contribution is -0.117. The number of ether oxygens (including phenoxy) is 1. The number of nitriles is 1. The molecule has 2 unspecified atom stereocenters. The van der Waals surface area contributed by atoms with E-state index in [4.69, 9.17) is 10.00 Å². The second-order valence-corrected chi connectivity index (χ2v) is 3.92. The maximum absolute atomic E-state index is 11.1. The van der Waals surface area contributed by atoms with Crippen molar-refractivity contribution < 1.29 is 9.53 Å². The normalized spacial score (nSPS) is 34.4. The first-order valence-electron chi connectivity index (χ1n) is 5.06. The summed E-state index contributed by atoms with van der Waals surface area (Å²) in [4.78, 5) is 13.3. The Kier molecular flexibility index (Phi) is 2.80. The van der Waals surface area contributed by atoms with Crippen molar-refractivity contribution in [3.05, 3.63) is 0 Å². The first kappa shape index (κ1) is 9.63. The zero-order valence-electron chi connectivity index (χ0n) is 8.11. The number of carbonyl (C=O) groups excluding carboxylic acids is 1. The quantitative estimate of drug-likeness (QED) is 0.603. The first-order valence-corrected chi connectivity index (χ1v) is 5.06. The minimum Gasteiger partial charge on any atom is -0.361 e. The van der Waals surface area contributed by atoms with Crippen molar-refractivity contribution in [1.82, 2.24) is 4.90 Å². The van der Waals surface area contributed by atoms with E-state index >= 15 is 0 Å². The van der Waals surface area contributed by atoms with Gasteiger partial charge in [0, 0.05) is 32.0 Å². The number of carbonyl (C=O) groups is 1. The van der Waals surface area contributed by atoms with E-state index in [-0.39, 0.29) is 6.10 Å². The van der Waals surface area contributed by atoms with Gasteiger partial charge in [-0.2, -0.15) is 5.26 Å². The van der Waals surface area contributed by atoms with Gasteiger partial charge in [-0.25, -0.2) is 0 Å². The van der Waals surface area contributed by atoms with Gasteiger partial charge in [-0.3, -0.25) is 9.69 Å². The number of morpholine rings is 1. The molecular formula is C10H14N2O2. The highest BCUT2D eigenvalue weighted by molar-refractivity contribution is 5.81. The van der Waals surface area contributed by atoms with Crippen LogP contribution >= 0.6 is 0 Å². The molecule has 1 heterocycles. The summed E-state index contributed by atoms with van der Waals surface area (Å²) in [6.07, 6.45) is 2.02. The van der Waals surface area contributed by atoms with Crippen molar-refractivity contribution in [2.24, 2.45) is 0 Å². The van der Waals surface area contributed by atoms with Gasteiger partial charge in [-0.15, -0.1) is 0 Å². The highest BCUT2D eigenvalue weighted by atomic mass is 16.5. The molecule has 1 saturated heterocycles. The number of nitrogens with zero attached hydrogens (tertiary/aromatic N) is 2. The minimum absolute atomic E-state index is 0.306. The third kappa shape index (κ3) is 1.94. The summed E-state index contributed by atoms with van der Waals surface area (Å²) in [7, 11) is 0. The monoisotopic (exact) mass is 194 g/mol. The van der Waals surface area contributed by atoms with Crippen LogP contribution in [0.5, 0.6) is 0 Å². The van der Waals surface area contributed by atoms with Gasteiger partial charge < -0.3 is 4.74 Å². The molecule has 2 aliphatic rings. The molecule has 0 aromatic rings. The van der Waals surface area contributed by atoms with E-state index in [2.05, 4.69) is 11.0 Å². The van der Waals surface area contributed by atoms with E-state index in [0.29, 0.717) is 37.8 Å². The molecule has 0 bridgehead atoms. The van der Waals surface area contributed by atoms with Crippen molar-refractivity contribution in [3.63, 3.8) is 0 Å². The number of Topliss-reactive ketones (excluding diaryl/α,β-unsaturated/α-hetero) is 1. The largest absolute Gasteiger partial charge is 0.361 e. The first-order chi connectivity index (χ1) is 6.79. The Morgan fingerprint density at radius 3 is 3.07 bits per heavy atom. The zero-order valence-corrected chi connectivity index (χ0v) is 8.11. The molecule has 1 aliphatic carbocycles. The molecule has 1 saturated carbocycles. The van der Waals surface area contributed by atoms with Crippen LogP contribution in [0.2, 0.25) is 0 Å². The van der Waals surface area contributed by atoms with Crippen molar-refractivity contribution >= 4 is 5.78 Å². The Morgan fingerprint density at radius 1 is 1.57 bits per heavy atom. The van der Waals surface area contributed by atoms with E-state index in [1.165, 1.54) is 0 Å². The molecule has 0 spiro atoms. The van der Waals surface area contributed by atoms with Gasteiger partial charge in [0.25, 0.3) is 0 Å². The molecule has 0 amide bonds. The molecule has 0 radical (unpaired) electrons. The number of ketones is 1. The lowest BCUT2D eigenvalue weighted by Crippen LogP contribution is -2.46. The smallest absolute Gasteiger partial charge is 0.156 e. The van der Waals surface area contributed by atoms with Gasteiger partial charge in [0.1, 0.15) is 5.78 Å². The van der Waals surface area contributed by atoms with Crippen molar-refractivity contribution in [2.45, 2.75) is 31.4 Å². The van der Waals surface area contributed by atoms with Crippen molar-refractivity contribution in [2.75, 3.05) is 19.7 Å². The van der Waals surface area contributed by atoms with Crippen LogP contribution in [0.25, 0.3) is 0 Å². The molecular weight excluding hydrogens is 180 g/mol. The highest BCUT2D eigenvalue weighted by Crippen LogP contribution is 2.22. The number of hydrogen-bond donors (Lipinski definition) is 0. The summed E-state index contributed by atoms with van der Waals surface area (Å²) in [6.45, 7) is 2.13. The molecule has 4 heteroatoms. The van der Waals surface area contributed by atoms with Crippen LogP contribution in [-0.2, 0) is 9.53 Å². The summed E-state index contributed by atoms with van der Waals surface area (Å²) >= 11 is 0. The zero-order chi connectivity index (χ0) is 9.97. The maximum Gasteiger partial charge on any atom is 0.156 e. The minimum atomic E-state index is -0.306. The molecule has 2 atom stereocenters. The van der Waals surface area contributed by atoms with Crippen molar-refractivity contribution in [1.29, 1.82) is 5.26 Å². The summed E-state index contributed by atoms with van der Waals surface area (Å²) in [6, 6.07) is 2.48. The molecule has 0 N–H and O–H groups in total. The topological polar surface area (TPSA) is 53.3 Å². The van der Waals surface area contributed by atoms with Crippen LogP contribution < -0.4 is 0 Å². The van der Waals surface area contributed by atoms with Gasteiger partial charge in [0.2, 0.25) is 0 Å². The summed E-state index contributed by atoms with van der Waals surface area (Å²) in [5.74, 6) is 0.356. The van der Waals surface area contributed by atoms with Crippen LogP contribution in [-0.4, -0.2) is 42.5 Å². The van der Waals surface area contributed by atoms with Crippen molar-refractivity contribution in [3.8, 4) is 6.07 Å². The van der Waals surface area contributed by atoms with E-state index in [1.807, 2.05) is 0 Å². The fraction of sp³-hybridized carbons (Fsp3) is 0.800. The third-order valence-corrected chi connectivity index (χ3v) is 2.98. The molecule has 2 rings (SSSR count). The highest BCUT2D eigenvalue weighted by Gasteiger charge is 2.31. The molecule has 4 nitrogen and oxygen atoms in total. The Labute approximate surface area is 83.4 Å². The van der Waals surface area contributed by atoms with E-state index in [0.717, 1.165) is 13.0 Å². The maximum atomic E-state index is 11.1. The summed E-state index contributed by atoms with van der Waals surface area (Å²) in [5, 5.41) is 8.73. The Balaban J connectivity index is 1.91. The standard InChI is InChI=1S/C10H14N2O2/c11-6-10-7-12(3-4-14-10)8-1-2-9(13)5-8/h8,10H,1-5,7H2. The fourth-order valence-corrected chi connectivity index (χ4v) is 2.19. The van der Waals surface area contributed by atoms with E-state index in [1.54, 1.807) is 0 Å². The number of rotatable bonds is 1. The molecule has 2 fully saturated rings. The van der Waals surface area contributed by atoms with Crippen LogP contribution in [0.1, 0.15) is 19.3 Å². The van der Waals surface area contributed by atoms with Crippen LogP contribution in [0.3, 0.4) is 0 Å². The Hall–Kier alpha value is -0.920. The molecule has 76 valence electrons. The Bertz CT molecular complexity index is 272. The van der Waals surface area contributed by atoms with Gasteiger partial charge >= 0.3 is 0 Å². The molecule has 0 aromatic carbocycles. The average molecular weight is 194 g/mol. The average Bonchev–Trinajstić information content (AvgIpc) is 2.65. The summed E-state index contributed by atoms with van der Waals surface area (Å²) < 4.78 is 5.26. The predicted molar refractivity (Wildman–Crippen MR) is 49.6 cm³/mol. The third-order valence-electron chi connectivity index (χ3n) is 2.98. The van der Waals surface area contributed by atoms with Crippen LogP contribution in [0, 0.1) is 11.3 Å². The second kappa shape index (κ2) is 4.07. The van der Waals surface area contributed by atoms with E-state index in [9.17, 15) is 4.79 Å². The van der Waals surface area contributed by atoms with Gasteiger partial charge in [-0.1, -0.05) is 0 Å². The predicted octanol–water partition coefficient (Wildman–Crippen LogP) is 0.332.